The third-order valence-electron chi connectivity index (χ3n) is 8.16. The Morgan fingerprint density at radius 1 is 1.02 bits per heavy atom. The highest BCUT2D eigenvalue weighted by Crippen LogP contribution is 2.48. The summed E-state index contributed by atoms with van der Waals surface area (Å²) in [6, 6.07) is 16.2. The minimum Gasteiger partial charge on any atom is -0.481 e. The van der Waals surface area contributed by atoms with Gasteiger partial charge in [0, 0.05) is 17.8 Å². The molecule has 0 bridgehead atoms. The summed E-state index contributed by atoms with van der Waals surface area (Å²) in [7, 11) is 0. The van der Waals surface area contributed by atoms with Gasteiger partial charge < -0.3 is 10.0 Å². The van der Waals surface area contributed by atoms with Crippen LogP contribution in [0.4, 0.5) is 8.78 Å². The first kappa shape index (κ1) is 25.9. The predicted molar refractivity (Wildman–Crippen MR) is 148 cm³/mol. The Bertz CT molecular complexity index is 1880. The van der Waals surface area contributed by atoms with E-state index in [1.165, 1.54) is 21.8 Å². The summed E-state index contributed by atoms with van der Waals surface area (Å²) in [5.74, 6) is -2.58. The third kappa shape index (κ3) is 4.28. The molecule has 7 rings (SSSR count). The van der Waals surface area contributed by atoms with Crippen molar-refractivity contribution >= 4 is 17.5 Å². The minimum absolute atomic E-state index is 0.0743. The van der Waals surface area contributed by atoms with E-state index in [1.54, 1.807) is 48.7 Å². The summed E-state index contributed by atoms with van der Waals surface area (Å²) in [5.41, 5.74) is 3.68. The number of aromatic nitrogens is 5. The van der Waals surface area contributed by atoms with Crippen LogP contribution in [0, 0.1) is 11.7 Å². The molecular weight excluding hydrogens is 542 g/mol. The van der Waals surface area contributed by atoms with Gasteiger partial charge in [0.2, 0.25) is 0 Å². The molecule has 11 heteroatoms. The van der Waals surface area contributed by atoms with Crippen LogP contribution >= 0.6 is 0 Å². The van der Waals surface area contributed by atoms with Crippen LogP contribution in [0.3, 0.4) is 0 Å². The van der Waals surface area contributed by atoms with Gasteiger partial charge in [-0.3, -0.25) is 9.59 Å². The van der Waals surface area contributed by atoms with E-state index < -0.39 is 29.8 Å². The van der Waals surface area contributed by atoms with E-state index in [4.69, 9.17) is 0 Å². The van der Waals surface area contributed by atoms with E-state index in [9.17, 15) is 14.7 Å². The molecule has 1 amide bonds. The number of alkyl halides is 1. The average molecular weight is 567 g/mol. The van der Waals surface area contributed by atoms with Crippen molar-refractivity contribution in [2.45, 2.75) is 31.5 Å². The molecule has 5 aromatic rings. The zero-order valence-electron chi connectivity index (χ0n) is 22.4. The van der Waals surface area contributed by atoms with Gasteiger partial charge in [-0.05, 0) is 60.2 Å². The fourth-order valence-electron chi connectivity index (χ4n) is 5.83. The number of benzene rings is 2. The van der Waals surface area contributed by atoms with Crippen molar-refractivity contribution in [1.29, 1.82) is 0 Å². The van der Waals surface area contributed by atoms with Crippen molar-refractivity contribution in [2.24, 2.45) is 5.92 Å². The highest BCUT2D eigenvalue weighted by atomic mass is 19.1. The first-order valence-electron chi connectivity index (χ1n) is 13.5. The van der Waals surface area contributed by atoms with Gasteiger partial charge in [-0.15, -0.1) is 0 Å². The number of carbonyl (C=O) groups excluding carboxylic acids is 1. The largest absolute Gasteiger partial charge is 0.481 e. The summed E-state index contributed by atoms with van der Waals surface area (Å²) < 4.78 is 31.9. The molecule has 210 valence electrons. The molecule has 3 aromatic heterocycles. The van der Waals surface area contributed by atoms with Crippen LogP contribution in [0.5, 0.6) is 0 Å². The fourth-order valence-corrected chi connectivity index (χ4v) is 5.83. The molecule has 4 atom stereocenters. The SMILES string of the molecule is C[C@@H]1c2ccccc2[C@@H](F)CN1C(=O)c1cc(-c2ccncn2)n2nc(-c3ccc([C@H]4C[C@@H]4C(=O)O)cc3F)cc2n1. The number of carboxylic acids is 1. The van der Waals surface area contributed by atoms with E-state index in [0.29, 0.717) is 28.9 Å². The third-order valence-corrected chi connectivity index (χ3v) is 8.16. The maximum Gasteiger partial charge on any atom is 0.307 e. The van der Waals surface area contributed by atoms with Gasteiger partial charge in [0.05, 0.1) is 35.6 Å². The number of amides is 1. The van der Waals surface area contributed by atoms with Gasteiger partial charge in [-0.1, -0.05) is 30.3 Å². The van der Waals surface area contributed by atoms with Crippen LogP contribution in [0.1, 0.15) is 58.7 Å². The maximum absolute atomic E-state index is 15.3. The second kappa shape index (κ2) is 9.79. The Morgan fingerprint density at radius 2 is 1.83 bits per heavy atom. The number of hydrogen-bond acceptors (Lipinski definition) is 6. The van der Waals surface area contributed by atoms with Crippen LogP contribution in [-0.4, -0.2) is 53.0 Å². The molecule has 1 aliphatic carbocycles. The molecule has 0 spiro atoms. The molecule has 0 radical (unpaired) electrons. The standard InChI is InChI=1S/C31H24F2N6O3/c1-16-18-4-2-3-5-19(18)24(33)14-38(16)30(40)27-12-28(25-8-9-34-15-35-25)39-29(36-27)13-26(37-39)20-7-6-17(10-23(20)32)21-11-22(21)31(41)42/h2-10,12-13,15-16,21-22,24H,11,14H2,1H3,(H,41,42)/t16-,21-,22+,24+/m1/s1. The highest BCUT2D eigenvalue weighted by molar-refractivity contribution is 5.94. The maximum atomic E-state index is 15.3. The first-order chi connectivity index (χ1) is 20.3. The van der Waals surface area contributed by atoms with Crippen molar-refractivity contribution in [2.75, 3.05) is 6.54 Å². The zero-order valence-corrected chi connectivity index (χ0v) is 22.4. The van der Waals surface area contributed by atoms with E-state index in [2.05, 4.69) is 20.1 Å². The number of halogens is 2. The van der Waals surface area contributed by atoms with Crippen LogP contribution in [0.2, 0.25) is 0 Å². The molecule has 1 fully saturated rings. The molecule has 0 saturated heterocycles. The average Bonchev–Trinajstić information content (AvgIpc) is 3.71. The Kier molecular flexibility index (Phi) is 6.03. The van der Waals surface area contributed by atoms with Gasteiger partial charge in [0.25, 0.3) is 5.91 Å². The zero-order chi connectivity index (χ0) is 29.1. The minimum atomic E-state index is -1.33. The van der Waals surface area contributed by atoms with E-state index in [1.807, 2.05) is 19.1 Å². The number of rotatable bonds is 5. The smallest absolute Gasteiger partial charge is 0.307 e. The number of fused-ring (bicyclic) bond motifs is 2. The van der Waals surface area contributed by atoms with Gasteiger partial charge in [0.15, 0.2) is 5.65 Å². The molecule has 1 aliphatic heterocycles. The van der Waals surface area contributed by atoms with E-state index in [-0.39, 0.29) is 41.1 Å². The predicted octanol–water partition coefficient (Wildman–Crippen LogP) is 5.41. The molecule has 0 unspecified atom stereocenters. The molecule has 2 aliphatic rings. The molecule has 9 nitrogen and oxygen atoms in total. The summed E-state index contributed by atoms with van der Waals surface area (Å²) in [6.45, 7) is 1.74. The van der Waals surface area contributed by atoms with Crippen molar-refractivity contribution in [3.8, 4) is 22.6 Å². The first-order valence-corrected chi connectivity index (χ1v) is 13.5. The van der Waals surface area contributed by atoms with Crippen molar-refractivity contribution in [3.05, 3.63) is 101 Å². The lowest BCUT2D eigenvalue weighted by atomic mass is 9.92. The van der Waals surface area contributed by atoms with Crippen molar-refractivity contribution in [1.82, 2.24) is 29.5 Å². The van der Waals surface area contributed by atoms with Gasteiger partial charge >= 0.3 is 5.97 Å². The molecular formula is C31H24F2N6O3. The molecule has 4 heterocycles. The van der Waals surface area contributed by atoms with Crippen LogP contribution in [-0.2, 0) is 4.79 Å². The number of hydrogen-bond donors (Lipinski definition) is 1. The Morgan fingerprint density at radius 3 is 2.55 bits per heavy atom. The topological polar surface area (TPSA) is 114 Å². The lowest BCUT2D eigenvalue weighted by Gasteiger charge is -2.36. The monoisotopic (exact) mass is 566 g/mol. The molecule has 2 aromatic carbocycles. The molecule has 1 N–H and O–H groups in total. The Balaban J connectivity index is 1.30. The van der Waals surface area contributed by atoms with Crippen molar-refractivity contribution in [3.63, 3.8) is 0 Å². The normalized spacial score (nSPS) is 21.3. The fraction of sp³-hybridized carbons (Fsp3) is 0.226. The second-order valence-corrected chi connectivity index (χ2v) is 10.7. The molecule has 42 heavy (non-hydrogen) atoms. The highest BCUT2D eigenvalue weighted by Gasteiger charge is 2.44. The summed E-state index contributed by atoms with van der Waals surface area (Å²) in [4.78, 5) is 39.4. The van der Waals surface area contributed by atoms with E-state index >= 15 is 8.78 Å². The Hall–Kier alpha value is -5.06. The van der Waals surface area contributed by atoms with Crippen molar-refractivity contribution < 1.29 is 23.5 Å². The number of nitrogens with zero attached hydrogens (tertiary/aromatic N) is 6. The molecule has 1 saturated carbocycles. The Labute approximate surface area is 238 Å². The van der Waals surface area contributed by atoms with Gasteiger partial charge in [0.1, 0.15) is 24.0 Å². The second-order valence-electron chi connectivity index (χ2n) is 10.7. The van der Waals surface area contributed by atoms with Gasteiger partial charge in [-0.25, -0.2) is 28.2 Å². The van der Waals surface area contributed by atoms with Crippen LogP contribution < -0.4 is 0 Å². The van der Waals surface area contributed by atoms with Crippen LogP contribution in [0.25, 0.3) is 28.3 Å². The number of aliphatic carboxylic acids is 1. The van der Waals surface area contributed by atoms with Gasteiger partial charge in [-0.2, -0.15) is 5.10 Å². The lowest BCUT2D eigenvalue weighted by Crippen LogP contribution is -2.40. The summed E-state index contributed by atoms with van der Waals surface area (Å²) >= 11 is 0. The summed E-state index contributed by atoms with van der Waals surface area (Å²) in [5, 5.41) is 13.8. The summed E-state index contributed by atoms with van der Waals surface area (Å²) in [6.07, 6.45) is 2.07. The quantitative estimate of drug-likeness (QED) is 0.303. The lowest BCUT2D eigenvalue weighted by molar-refractivity contribution is -0.138. The number of carboxylic acid groups (broad SMARTS) is 1. The van der Waals surface area contributed by atoms with Crippen LogP contribution in [0.15, 0.2) is 73.2 Å². The number of carbonyl (C=O) groups is 2. The van der Waals surface area contributed by atoms with E-state index in [0.717, 1.165) is 5.56 Å².